The molecule has 0 bridgehead atoms. The third-order valence-corrected chi connectivity index (χ3v) is 2.56. The largest absolute Gasteiger partial charge is 0.352 e. The van der Waals surface area contributed by atoms with Gasteiger partial charge in [0.25, 0.3) is 0 Å². The molecule has 0 aliphatic rings. The van der Waals surface area contributed by atoms with E-state index in [0.29, 0.717) is 6.42 Å². The van der Waals surface area contributed by atoms with Gasteiger partial charge in [-0.2, -0.15) is 0 Å². The third-order valence-electron chi connectivity index (χ3n) is 2.56. The average molecular weight is 229 g/mol. The fraction of sp³-hybridized carbons (Fsp3) is 0.917. The average Bonchev–Trinajstić information content (AvgIpc) is 1.98. The first-order chi connectivity index (χ1) is 7.12. The number of nitrogens with two attached hydrogens (primary N) is 1. The number of nitrogens with zero attached hydrogens (tertiary/aromatic N) is 1. The van der Waals surface area contributed by atoms with Crippen LogP contribution in [0.1, 0.15) is 34.1 Å². The maximum atomic E-state index is 11.7. The van der Waals surface area contributed by atoms with Gasteiger partial charge in [0.1, 0.15) is 0 Å². The Bertz CT molecular complexity index is 221. The first-order valence-corrected chi connectivity index (χ1v) is 5.82. The number of hydrogen-bond acceptors (Lipinski definition) is 3. The van der Waals surface area contributed by atoms with Crippen molar-refractivity contribution in [3.8, 4) is 0 Å². The zero-order valence-electron chi connectivity index (χ0n) is 11.5. The summed E-state index contributed by atoms with van der Waals surface area (Å²) in [7, 11) is 3.98. The molecule has 0 aliphatic heterocycles. The minimum absolute atomic E-state index is 0.0257. The first kappa shape index (κ1) is 15.4. The zero-order chi connectivity index (χ0) is 12.9. The second kappa shape index (κ2) is 6.21. The van der Waals surface area contributed by atoms with Gasteiger partial charge in [-0.1, -0.05) is 20.8 Å². The van der Waals surface area contributed by atoms with Crippen molar-refractivity contribution in [1.82, 2.24) is 10.2 Å². The summed E-state index contributed by atoms with van der Waals surface area (Å²) in [6.45, 7) is 8.99. The summed E-state index contributed by atoms with van der Waals surface area (Å²) in [5, 5.41) is 2.95. The molecule has 1 amide bonds. The van der Waals surface area contributed by atoms with Gasteiger partial charge >= 0.3 is 0 Å². The van der Waals surface area contributed by atoms with E-state index in [1.165, 1.54) is 0 Å². The van der Waals surface area contributed by atoms with Gasteiger partial charge in [0.15, 0.2) is 0 Å². The van der Waals surface area contributed by atoms with Gasteiger partial charge in [0.2, 0.25) is 5.91 Å². The number of nitrogens with one attached hydrogen (secondary N) is 1. The Morgan fingerprint density at radius 3 is 2.25 bits per heavy atom. The van der Waals surface area contributed by atoms with Crippen molar-refractivity contribution in [2.45, 2.75) is 46.2 Å². The van der Waals surface area contributed by atoms with Crippen molar-refractivity contribution in [1.29, 1.82) is 0 Å². The van der Waals surface area contributed by atoms with Crippen LogP contribution in [0.3, 0.4) is 0 Å². The number of likely N-dealkylation sites (N-methyl/N-ethyl adjacent to an activating group) is 1. The van der Waals surface area contributed by atoms with Gasteiger partial charge in [0, 0.05) is 25.0 Å². The summed E-state index contributed by atoms with van der Waals surface area (Å²) in [5.41, 5.74) is 5.93. The highest BCUT2D eigenvalue weighted by molar-refractivity contribution is 5.76. The lowest BCUT2D eigenvalue weighted by Crippen LogP contribution is -2.44. The van der Waals surface area contributed by atoms with Crippen molar-refractivity contribution >= 4 is 5.91 Å². The molecule has 0 aromatic rings. The van der Waals surface area contributed by atoms with Gasteiger partial charge in [-0.05, 0) is 26.4 Å². The van der Waals surface area contributed by atoms with Crippen LogP contribution in [-0.4, -0.2) is 43.5 Å². The van der Waals surface area contributed by atoms with Crippen LogP contribution < -0.4 is 11.1 Å². The predicted octanol–water partition coefficient (Wildman–Crippen LogP) is 0.816. The molecule has 2 atom stereocenters. The molecule has 0 saturated carbocycles. The number of carbonyl (C=O) groups is 1. The van der Waals surface area contributed by atoms with E-state index >= 15 is 0 Å². The fourth-order valence-corrected chi connectivity index (χ4v) is 1.43. The van der Waals surface area contributed by atoms with E-state index in [1.54, 1.807) is 0 Å². The third kappa shape index (κ3) is 6.80. The van der Waals surface area contributed by atoms with E-state index in [9.17, 15) is 4.79 Å². The van der Waals surface area contributed by atoms with Gasteiger partial charge in [-0.25, -0.2) is 0 Å². The molecule has 2 unspecified atom stereocenters. The molecule has 0 fully saturated rings. The highest BCUT2D eigenvalue weighted by Crippen LogP contribution is 2.19. The minimum atomic E-state index is -0.0981. The van der Waals surface area contributed by atoms with E-state index in [4.69, 9.17) is 5.73 Å². The Hall–Kier alpha value is -0.610. The van der Waals surface area contributed by atoms with Crippen LogP contribution in [0.5, 0.6) is 0 Å². The topological polar surface area (TPSA) is 58.4 Å². The Labute approximate surface area is 99.6 Å². The Morgan fingerprint density at radius 1 is 1.38 bits per heavy atom. The summed E-state index contributed by atoms with van der Waals surface area (Å²) in [4.78, 5) is 13.7. The Kier molecular flexibility index (Phi) is 5.97. The van der Waals surface area contributed by atoms with Crippen LogP contribution in [0.4, 0.5) is 0 Å². The highest BCUT2D eigenvalue weighted by atomic mass is 16.1. The summed E-state index contributed by atoms with van der Waals surface area (Å²) in [6.07, 6.45) is 0.390. The van der Waals surface area contributed by atoms with Crippen molar-refractivity contribution in [2.75, 3.05) is 20.6 Å². The zero-order valence-corrected chi connectivity index (χ0v) is 11.5. The monoisotopic (exact) mass is 229 g/mol. The van der Waals surface area contributed by atoms with E-state index < -0.39 is 0 Å². The summed E-state index contributed by atoms with van der Waals surface area (Å²) < 4.78 is 0. The SMILES string of the molecule is CC(CN(C)C)NC(=O)CC(N)C(C)(C)C. The molecule has 0 aromatic carbocycles. The molecule has 4 nitrogen and oxygen atoms in total. The lowest BCUT2D eigenvalue weighted by Gasteiger charge is -2.27. The molecule has 0 heterocycles. The second-order valence-electron chi connectivity index (χ2n) is 5.91. The standard InChI is InChI=1S/C12H27N3O/c1-9(8-15(5)6)14-11(16)7-10(13)12(2,3)4/h9-10H,7-8,13H2,1-6H3,(H,14,16). The quantitative estimate of drug-likeness (QED) is 0.733. The van der Waals surface area contributed by atoms with Gasteiger partial charge < -0.3 is 16.0 Å². The molecule has 96 valence electrons. The smallest absolute Gasteiger partial charge is 0.221 e. The predicted molar refractivity (Wildman–Crippen MR) is 68.2 cm³/mol. The maximum Gasteiger partial charge on any atom is 0.221 e. The second-order valence-corrected chi connectivity index (χ2v) is 5.91. The summed E-state index contributed by atoms with van der Waals surface area (Å²) in [5.74, 6) is 0.0387. The first-order valence-electron chi connectivity index (χ1n) is 5.82. The van der Waals surface area contributed by atoms with Gasteiger partial charge in [-0.3, -0.25) is 4.79 Å². The van der Waals surface area contributed by atoms with E-state index in [2.05, 4.69) is 10.2 Å². The van der Waals surface area contributed by atoms with Crippen LogP contribution >= 0.6 is 0 Å². The Balaban J connectivity index is 4.00. The molecule has 0 radical (unpaired) electrons. The molecule has 0 rings (SSSR count). The van der Waals surface area contributed by atoms with Crippen molar-refractivity contribution in [2.24, 2.45) is 11.1 Å². The van der Waals surface area contributed by atoms with E-state index in [0.717, 1.165) is 6.54 Å². The molecule has 0 saturated heterocycles. The van der Waals surface area contributed by atoms with Crippen molar-refractivity contribution in [3.63, 3.8) is 0 Å². The number of carbonyl (C=O) groups excluding carboxylic acids is 1. The molecule has 0 aliphatic carbocycles. The van der Waals surface area contributed by atoms with Gasteiger partial charge in [-0.15, -0.1) is 0 Å². The molecular formula is C12H27N3O. The van der Waals surface area contributed by atoms with Crippen molar-refractivity contribution < 1.29 is 4.79 Å². The molecule has 0 aromatic heterocycles. The molecule has 0 spiro atoms. The normalized spacial score (nSPS) is 16.0. The van der Waals surface area contributed by atoms with E-state index in [1.807, 2.05) is 41.8 Å². The van der Waals surface area contributed by atoms with Gasteiger partial charge in [0.05, 0.1) is 0 Å². The number of amides is 1. The molecule has 3 N–H and O–H groups in total. The summed E-state index contributed by atoms with van der Waals surface area (Å²) in [6, 6.07) is 0.0636. The van der Waals surface area contributed by atoms with E-state index in [-0.39, 0.29) is 23.4 Å². The Morgan fingerprint density at radius 2 is 1.88 bits per heavy atom. The summed E-state index contributed by atoms with van der Waals surface area (Å²) >= 11 is 0. The maximum absolute atomic E-state index is 11.7. The molecular weight excluding hydrogens is 202 g/mol. The molecule has 16 heavy (non-hydrogen) atoms. The number of hydrogen-bond donors (Lipinski definition) is 2. The number of rotatable bonds is 5. The van der Waals surface area contributed by atoms with Crippen LogP contribution in [-0.2, 0) is 4.79 Å². The van der Waals surface area contributed by atoms with Crippen LogP contribution in [0.15, 0.2) is 0 Å². The van der Waals surface area contributed by atoms with Crippen LogP contribution in [0.25, 0.3) is 0 Å². The highest BCUT2D eigenvalue weighted by Gasteiger charge is 2.23. The fourth-order valence-electron chi connectivity index (χ4n) is 1.43. The lowest BCUT2D eigenvalue weighted by molar-refractivity contribution is -0.122. The molecule has 4 heteroatoms. The minimum Gasteiger partial charge on any atom is -0.352 e. The van der Waals surface area contributed by atoms with Crippen LogP contribution in [0, 0.1) is 5.41 Å². The van der Waals surface area contributed by atoms with Crippen molar-refractivity contribution in [3.05, 3.63) is 0 Å². The van der Waals surface area contributed by atoms with Crippen LogP contribution in [0.2, 0.25) is 0 Å². The lowest BCUT2D eigenvalue weighted by atomic mass is 9.85.